The number of fused-ring (bicyclic) bond motifs is 5. The number of hydrogen-bond acceptors (Lipinski definition) is 4. The number of benzene rings is 2. The fraction of sp³-hybridized carbons (Fsp3) is 0.474. The van der Waals surface area contributed by atoms with Crippen molar-refractivity contribution in [1.29, 1.82) is 0 Å². The third-order valence-corrected chi connectivity index (χ3v) is 11.8. The summed E-state index contributed by atoms with van der Waals surface area (Å²) < 4.78 is 29.3. The van der Waals surface area contributed by atoms with Crippen LogP contribution in [0.1, 0.15) is 91.3 Å². The van der Waals surface area contributed by atoms with Gasteiger partial charge in [-0.25, -0.2) is 0 Å². The lowest BCUT2D eigenvalue weighted by Crippen LogP contribution is -2.44. The van der Waals surface area contributed by atoms with E-state index in [1.165, 1.54) is 41.4 Å². The molecule has 2 saturated heterocycles. The standard InChI is InChI=1S/C38H45B2NO4/c1-35(2)36(3,4)43-40(42-35)31-24-33-34(29-16-12-11-15-28(29)31)30-20-19-26(23-32(30)41(33)27-13-9-8-10-14-27)39-44-37(5,6)38(7,45-39)22-21-25-17-18-25/h8-16,19-20,23-25,28-29H,17-18,21-22H2,1-7H3. The molecule has 3 aliphatic carbocycles. The van der Waals surface area contributed by atoms with Crippen LogP contribution in [0.15, 0.2) is 78.3 Å². The molecule has 2 aromatic carbocycles. The molecule has 5 nitrogen and oxygen atoms in total. The van der Waals surface area contributed by atoms with Crippen LogP contribution in [0.2, 0.25) is 0 Å². The van der Waals surface area contributed by atoms with Gasteiger partial charge >= 0.3 is 14.2 Å². The lowest BCUT2D eigenvalue weighted by molar-refractivity contribution is -0.0178. The molecule has 0 bridgehead atoms. The quantitative estimate of drug-likeness (QED) is 0.269. The van der Waals surface area contributed by atoms with Gasteiger partial charge < -0.3 is 23.2 Å². The molecule has 7 heteroatoms. The van der Waals surface area contributed by atoms with E-state index in [4.69, 9.17) is 18.6 Å². The van der Waals surface area contributed by atoms with Crippen LogP contribution in [0.25, 0.3) is 22.7 Å². The van der Waals surface area contributed by atoms with Gasteiger partial charge in [-0.2, -0.15) is 0 Å². The Morgan fingerprint density at radius 3 is 2.11 bits per heavy atom. The predicted molar refractivity (Wildman–Crippen MR) is 184 cm³/mol. The molecule has 0 amide bonds. The van der Waals surface area contributed by atoms with Crippen molar-refractivity contribution in [2.45, 2.75) is 102 Å². The van der Waals surface area contributed by atoms with Gasteiger partial charge in [0.15, 0.2) is 0 Å². The third kappa shape index (κ3) is 4.68. The Kier molecular flexibility index (Phi) is 6.62. The summed E-state index contributed by atoms with van der Waals surface area (Å²) in [6.07, 6.45) is 16.3. The van der Waals surface area contributed by atoms with E-state index in [2.05, 4.69) is 132 Å². The summed E-state index contributed by atoms with van der Waals surface area (Å²) in [5.41, 5.74) is 5.51. The zero-order valence-corrected chi connectivity index (χ0v) is 27.8. The Morgan fingerprint density at radius 2 is 1.42 bits per heavy atom. The highest BCUT2D eigenvalue weighted by Crippen LogP contribution is 2.51. The monoisotopic (exact) mass is 601 g/mol. The molecule has 0 radical (unpaired) electrons. The zero-order chi connectivity index (χ0) is 31.4. The first kappa shape index (κ1) is 29.6. The summed E-state index contributed by atoms with van der Waals surface area (Å²) in [6, 6.07) is 17.5. The minimum absolute atomic E-state index is 0.154. The normalized spacial score (nSPS) is 29.3. The molecule has 3 unspecified atom stereocenters. The second-order valence-corrected chi connectivity index (χ2v) is 15.6. The SMILES string of the molecule is CC1(C)OB(C2=Cc3c(c4ccc(B5OC(C)(C)C(C)(CCC6CC6)O5)cc4n3-c3ccccc3)C3C=CC=CC23)OC1(C)C. The highest BCUT2D eigenvalue weighted by molar-refractivity contribution is 6.62. The lowest BCUT2D eigenvalue weighted by Gasteiger charge is -2.36. The van der Waals surface area contributed by atoms with Crippen molar-refractivity contribution >= 4 is 36.7 Å². The molecule has 232 valence electrons. The van der Waals surface area contributed by atoms with Gasteiger partial charge in [-0.05, 0) is 108 Å². The van der Waals surface area contributed by atoms with Gasteiger partial charge in [-0.1, -0.05) is 67.5 Å². The number of aromatic nitrogens is 1. The molecule has 1 aromatic heterocycles. The van der Waals surface area contributed by atoms with Crippen molar-refractivity contribution in [1.82, 2.24) is 4.57 Å². The largest absolute Gasteiger partial charge is 0.494 e. The molecule has 3 fully saturated rings. The average Bonchev–Trinajstić information content (AvgIpc) is 3.68. The molecular formula is C38H45B2NO4. The van der Waals surface area contributed by atoms with Crippen molar-refractivity contribution in [3.63, 3.8) is 0 Å². The van der Waals surface area contributed by atoms with Crippen LogP contribution in [0, 0.1) is 11.8 Å². The van der Waals surface area contributed by atoms with Gasteiger partial charge in [0.25, 0.3) is 0 Å². The maximum atomic E-state index is 6.84. The van der Waals surface area contributed by atoms with E-state index < -0.39 is 25.4 Å². The topological polar surface area (TPSA) is 41.9 Å². The maximum Gasteiger partial charge on any atom is 0.494 e. The summed E-state index contributed by atoms with van der Waals surface area (Å²) in [5, 5.41) is 1.26. The van der Waals surface area contributed by atoms with Crippen molar-refractivity contribution < 1.29 is 18.6 Å². The van der Waals surface area contributed by atoms with Gasteiger partial charge in [-0.3, -0.25) is 0 Å². The van der Waals surface area contributed by atoms with E-state index in [0.717, 1.165) is 29.0 Å². The van der Waals surface area contributed by atoms with Crippen LogP contribution in [0.5, 0.6) is 0 Å². The van der Waals surface area contributed by atoms with Crippen LogP contribution in [-0.4, -0.2) is 41.2 Å². The molecule has 0 spiro atoms. The Hall–Kier alpha value is -2.83. The van der Waals surface area contributed by atoms with Gasteiger partial charge in [0, 0.05) is 22.9 Å². The summed E-state index contributed by atoms with van der Waals surface area (Å²) in [6.45, 7) is 15.1. The van der Waals surface area contributed by atoms with E-state index in [0.29, 0.717) is 0 Å². The molecule has 2 aliphatic heterocycles. The van der Waals surface area contributed by atoms with Crippen molar-refractivity contribution in [2.24, 2.45) is 11.8 Å². The molecule has 0 N–H and O–H groups in total. The minimum atomic E-state index is -0.416. The summed E-state index contributed by atoms with van der Waals surface area (Å²) in [7, 11) is -0.827. The van der Waals surface area contributed by atoms with Crippen LogP contribution in [-0.2, 0) is 18.6 Å². The van der Waals surface area contributed by atoms with Gasteiger partial charge in [0.1, 0.15) is 0 Å². The Bertz CT molecular complexity index is 1730. The van der Waals surface area contributed by atoms with Gasteiger partial charge in [0.05, 0.1) is 33.6 Å². The second-order valence-electron chi connectivity index (χ2n) is 15.6. The molecule has 3 atom stereocenters. The fourth-order valence-corrected chi connectivity index (χ4v) is 7.68. The Balaban J connectivity index is 1.27. The highest BCUT2D eigenvalue weighted by Gasteiger charge is 2.56. The van der Waals surface area contributed by atoms with Crippen LogP contribution < -0.4 is 5.46 Å². The Morgan fingerprint density at radius 1 is 0.756 bits per heavy atom. The van der Waals surface area contributed by atoms with Crippen LogP contribution in [0.4, 0.5) is 0 Å². The van der Waals surface area contributed by atoms with E-state index >= 15 is 0 Å². The lowest BCUT2D eigenvalue weighted by atomic mass is 9.61. The number of rotatable bonds is 6. The van der Waals surface area contributed by atoms with Gasteiger partial charge in [0.2, 0.25) is 0 Å². The first-order valence-electron chi connectivity index (χ1n) is 16.9. The maximum absolute atomic E-state index is 6.84. The number of allylic oxidation sites excluding steroid dienone is 5. The van der Waals surface area contributed by atoms with E-state index in [9.17, 15) is 0 Å². The Labute approximate surface area is 268 Å². The first-order valence-corrected chi connectivity index (χ1v) is 16.9. The predicted octanol–water partition coefficient (Wildman–Crippen LogP) is 7.95. The van der Waals surface area contributed by atoms with Crippen molar-refractivity contribution in [3.05, 3.63) is 89.6 Å². The highest BCUT2D eigenvalue weighted by atomic mass is 16.7. The first-order chi connectivity index (χ1) is 21.4. The number of nitrogens with zero attached hydrogens (tertiary/aromatic N) is 1. The van der Waals surface area contributed by atoms with Crippen LogP contribution >= 0.6 is 0 Å². The molecule has 45 heavy (non-hydrogen) atoms. The minimum Gasteiger partial charge on any atom is -0.400 e. The van der Waals surface area contributed by atoms with Crippen molar-refractivity contribution in [3.8, 4) is 5.69 Å². The average molecular weight is 601 g/mol. The zero-order valence-electron chi connectivity index (χ0n) is 27.8. The molecular weight excluding hydrogens is 556 g/mol. The number of hydrogen-bond donors (Lipinski definition) is 0. The molecule has 3 aromatic rings. The fourth-order valence-electron chi connectivity index (χ4n) is 7.68. The molecule has 5 aliphatic rings. The summed E-state index contributed by atoms with van der Waals surface area (Å²) in [5.74, 6) is 1.19. The molecule has 1 saturated carbocycles. The second kappa shape index (κ2) is 10.1. The summed E-state index contributed by atoms with van der Waals surface area (Å²) in [4.78, 5) is 0. The van der Waals surface area contributed by atoms with E-state index in [1.807, 2.05) is 0 Å². The molecule has 8 rings (SSSR count). The van der Waals surface area contributed by atoms with Gasteiger partial charge in [-0.15, -0.1) is 0 Å². The van der Waals surface area contributed by atoms with Crippen LogP contribution in [0.3, 0.4) is 0 Å². The van der Waals surface area contributed by atoms with Crippen molar-refractivity contribution in [2.75, 3.05) is 0 Å². The van der Waals surface area contributed by atoms with E-state index in [1.54, 1.807) is 0 Å². The number of para-hydroxylation sites is 1. The smallest absolute Gasteiger partial charge is 0.400 e. The summed E-state index contributed by atoms with van der Waals surface area (Å²) >= 11 is 0. The van der Waals surface area contributed by atoms with E-state index in [-0.39, 0.29) is 23.0 Å². The third-order valence-electron chi connectivity index (χ3n) is 11.8. The molecule has 3 heterocycles.